The largest absolute Gasteiger partial charge is 0.350 e. The highest BCUT2D eigenvalue weighted by Crippen LogP contribution is 2.22. The van der Waals surface area contributed by atoms with E-state index in [0.29, 0.717) is 0 Å². The van der Waals surface area contributed by atoms with Crippen LogP contribution >= 0.6 is 24.4 Å². The van der Waals surface area contributed by atoms with Gasteiger partial charge in [-0.15, -0.1) is 0 Å². The smallest absolute Gasteiger partial charge is 0.0800 e. The summed E-state index contributed by atoms with van der Waals surface area (Å²) in [5.41, 5.74) is 5.19. The maximum Gasteiger partial charge on any atom is 0.0800 e. The summed E-state index contributed by atoms with van der Waals surface area (Å²) in [5, 5.41) is 6.50. The summed E-state index contributed by atoms with van der Waals surface area (Å²) < 4.78 is 0. The Bertz CT molecular complexity index is 740. The SMILES string of the molecule is CC.CC.S=C1CCC2=CC=CCC=C2N1.S=C1CCCc2ccccc2N1.[HH].[HH]. The number of benzene rings is 1. The van der Waals surface area contributed by atoms with Crippen LogP contribution < -0.4 is 10.6 Å². The molecule has 0 unspecified atom stereocenters. The Balaban J connectivity index is 0. The summed E-state index contributed by atoms with van der Waals surface area (Å²) in [6.07, 6.45) is 15.1. The number of aryl methyl sites for hydroxylation is 1. The van der Waals surface area contributed by atoms with Crippen LogP contribution in [-0.2, 0) is 6.42 Å². The van der Waals surface area contributed by atoms with Crippen molar-refractivity contribution in [3.8, 4) is 0 Å². The summed E-state index contributed by atoms with van der Waals surface area (Å²) in [4.78, 5) is 1.94. The number of para-hydroxylation sites is 1. The predicted molar refractivity (Wildman–Crippen MR) is 137 cm³/mol. The van der Waals surface area contributed by atoms with Crippen LogP contribution in [0.1, 0.15) is 68.2 Å². The van der Waals surface area contributed by atoms with Crippen LogP contribution in [0.25, 0.3) is 0 Å². The maximum atomic E-state index is 5.16. The van der Waals surface area contributed by atoms with Gasteiger partial charge in [-0.3, -0.25) is 0 Å². The first-order valence-electron chi connectivity index (χ1n) is 10.5. The standard InChI is InChI=1S/2C10H11NS.2C2H6.2H2/c12-10-7-3-5-8-4-1-2-6-9(8)11-10;12-10-7-6-8-4-2-1-3-5-9(8)11-10;2*1-2;;/h1-2,4,6H,3,5,7H2,(H,11,12);1-2,4-5H,3,6-7H2,(H,11,12);2*1-2H3;2*1H. The number of hydrogen-bond donors (Lipinski definition) is 2. The fourth-order valence-electron chi connectivity index (χ4n) is 2.99. The molecule has 0 saturated carbocycles. The lowest BCUT2D eigenvalue weighted by molar-refractivity contribution is 0.884. The molecule has 1 saturated heterocycles. The van der Waals surface area contributed by atoms with Crippen LogP contribution in [0, 0.1) is 0 Å². The molecule has 0 atom stereocenters. The van der Waals surface area contributed by atoms with Gasteiger partial charge in [0.05, 0.1) is 9.98 Å². The highest BCUT2D eigenvalue weighted by molar-refractivity contribution is 7.80. The zero-order valence-corrected chi connectivity index (χ0v) is 19.3. The van der Waals surface area contributed by atoms with Crippen molar-refractivity contribution in [1.29, 1.82) is 0 Å². The van der Waals surface area contributed by atoms with E-state index in [1.165, 1.54) is 28.9 Å². The Hall–Kier alpha value is -1.78. The lowest BCUT2D eigenvalue weighted by Crippen LogP contribution is -2.26. The maximum absolute atomic E-state index is 5.16. The number of fused-ring (bicyclic) bond motifs is 2. The van der Waals surface area contributed by atoms with Crippen LogP contribution in [0.2, 0.25) is 0 Å². The molecule has 0 spiro atoms. The van der Waals surface area contributed by atoms with Gasteiger partial charge in [0, 0.05) is 20.7 Å². The van der Waals surface area contributed by atoms with Crippen LogP contribution in [0.3, 0.4) is 0 Å². The van der Waals surface area contributed by atoms with E-state index in [2.05, 4.69) is 53.1 Å². The molecule has 0 bridgehead atoms. The summed E-state index contributed by atoms with van der Waals surface area (Å²) in [6.45, 7) is 8.00. The lowest BCUT2D eigenvalue weighted by Gasteiger charge is -2.20. The molecule has 3 aliphatic rings. The molecule has 2 nitrogen and oxygen atoms in total. The molecule has 0 radical (unpaired) electrons. The summed E-state index contributed by atoms with van der Waals surface area (Å²) >= 11 is 10.3. The summed E-state index contributed by atoms with van der Waals surface area (Å²) in [7, 11) is 0. The van der Waals surface area contributed by atoms with Crippen LogP contribution in [0.15, 0.2) is 59.8 Å². The third kappa shape index (κ3) is 8.07. The molecule has 1 aromatic rings. The average Bonchev–Trinajstić information content (AvgIpc) is 3.08. The van der Waals surface area contributed by atoms with Crippen molar-refractivity contribution in [2.75, 3.05) is 5.32 Å². The van der Waals surface area contributed by atoms with Crippen molar-refractivity contribution < 1.29 is 2.85 Å². The lowest BCUT2D eigenvalue weighted by atomic mass is 10.0. The number of hydrogen-bond acceptors (Lipinski definition) is 2. The van der Waals surface area contributed by atoms with E-state index >= 15 is 0 Å². The van der Waals surface area contributed by atoms with Gasteiger partial charge >= 0.3 is 0 Å². The first-order chi connectivity index (χ1) is 13.7. The summed E-state index contributed by atoms with van der Waals surface area (Å²) in [6, 6.07) is 8.37. The number of nitrogens with one attached hydrogen (secondary N) is 2. The normalized spacial score (nSPS) is 16.7. The second-order valence-electron chi connectivity index (χ2n) is 6.08. The van der Waals surface area contributed by atoms with Gasteiger partial charge in [0.1, 0.15) is 0 Å². The van der Waals surface area contributed by atoms with E-state index in [-0.39, 0.29) is 2.85 Å². The van der Waals surface area contributed by atoms with E-state index in [0.717, 1.165) is 42.1 Å². The van der Waals surface area contributed by atoms with E-state index in [9.17, 15) is 0 Å². The highest BCUT2D eigenvalue weighted by atomic mass is 32.1. The number of allylic oxidation sites excluding steroid dienone is 5. The monoisotopic (exact) mass is 418 g/mol. The zero-order valence-electron chi connectivity index (χ0n) is 17.7. The van der Waals surface area contributed by atoms with Gasteiger partial charge in [-0.2, -0.15) is 0 Å². The van der Waals surface area contributed by atoms with Gasteiger partial charge in [0.25, 0.3) is 0 Å². The third-order valence-electron chi connectivity index (χ3n) is 4.27. The molecule has 1 aromatic carbocycles. The number of anilines is 1. The second kappa shape index (κ2) is 14.3. The molecular weight excluding hydrogens is 380 g/mol. The second-order valence-corrected chi connectivity index (χ2v) is 7.07. The average molecular weight is 419 g/mol. The van der Waals surface area contributed by atoms with Crippen molar-refractivity contribution >= 4 is 40.1 Å². The molecule has 2 N–H and O–H groups in total. The van der Waals surface area contributed by atoms with Gasteiger partial charge in [-0.25, -0.2) is 0 Å². The number of rotatable bonds is 0. The van der Waals surface area contributed by atoms with Crippen molar-refractivity contribution in [1.82, 2.24) is 5.32 Å². The highest BCUT2D eigenvalue weighted by Gasteiger charge is 2.13. The van der Waals surface area contributed by atoms with Crippen LogP contribution in [-0.4, -0.2) is 9.98 Å². The van der Waals surface area contributed by atoms with Crippen molar-refractivity contribution in [3.63, 3.8) is 0 Å². The zero-order chi connectivity index (χ0) is 20.8. The Morgan fingerprint density at radius 1 is 0.857 bits per heavy atom. The van der Waals surface area contributed by atoms with E-state index in [4.69, 9.17) is 24.4 Å². The van der Waals surface area contributed by atoms with Gasteiger partial charge in [0.2, 0.25) is 0 Å². The van der Waals surface area contributed by atoms with Crippen molar-refractivity contribution in [2.45, 2.75) is 66.2 Å². The topological polar surface area (TPSA) is 24.1 Å². The number of piperidine rings is 1. The van der Waals surface area contributed by atoms with Gasteiger partial charge < -0.3 is 10.6 Å². The Morgan fingerprint density at radius 3 is 2.36 bits per heavy atom. The Labute approximate surface area is 185 Å². The first kappa shape index (κ1) is 24.3. The quantitative estimate of drug-likeness (QED) is 0.420. The predicted octanol–water partition coefficient (Wildman–Crippen LogP) is 7.77. The number of thiocarbonyl (C=S) groups is 2. The molecular formula is C24H38N2S2. The van der Waals surface area contributed by atoms with E-state index in [1.54, 1.807) is 0 Å². The van der Waals surface area contributed by atoms with Crippen LogP contribution in [0.5, 0.6) is 0 Å². The van der Waals surface area contributed by atoms with Crippen LogP contribution in [0.4, 0.5) is 5.69 Å². The minimum Gasteiger partial charge on any atom is -0.350 e. The third-order valence-corrected chi connectivity index (χ3v) is 4.89. The molecule has 4 heteroatoms. The fraction of sp³-hybridized carbons (Fsp3) is 0.417. The molecule has 2 heterocycles. The van der Waals surface area contributed by atoms with Gasteiger partial charge in [0.15, 0.2) is 0 Å². The molecule has 156 valence electrons. The fourth-order valence-corrected chi connectivity index (χ4v) is 3.46. The van der Waals surface area contributed by atoms with Gasteiger partial charge in [-0.05, 0) is 49.3 Å². The first-order valence-corrected chi connectivity index (χ1v) is 11.3. The summed E-state index contributed by atoms with van der Waals surface area (Å²) in [5.74, 6) is 0. The van der Waals surface area contributed by atoms with Crippen molar-refractivity contribution in [3.05, 3.63) is 65.4 Å². The molecule has 0 aromatic heterocycles. The van der Waals surface area contributed by atoms with Gasteiger partial charge in [-0.1, -0.05) is 94.6 Å². The minimum absolute atomic E-state index is 0. The van der Waals surface area contributed by atoms with E-state index in [1.807, 2.05) is 33.8 Å². The Kier molecular flexibility index (Phi) is 12.3. The molecule has 0 amide bonds. The molecule has 2 aliphatic heterocycles. The molecule has 4 rings (SSSR count). The van der Waals surface area contributed by atoms with E-state index < -0.39 is 0 Å². The Morgan fingerprint density at radius 2 is 1.57 bits per heavy atom. The molecule has 28 heavy (non-hydrogen) atoms. The molecule has 1 fully saturated rings. The van der Waals surface area contributed by atoms with Crippen molar-refractivity contribution in [2.24, 2.45) is 0 Å². The minimum atomic E-state index is 0. The molecule has 1 aliphatic carbocycles.